The van der Waals surface area contributed by atoms with Crippen molar-refractivity contribution in [1.29, 1.82) is 0 Å². The monoisotopic (exact) mass is 414 g/mol. The van der Waals surface area contributed by atoms with Gasteiger partial charge in [-0.2, -0.15) is 0 Å². The molecule has 4 aromatic carbocycles. The normalized spacial score (nSPS) is 11.1. The first-order valence-corrected chi connectivity index (χ1v) is 9.69. The van der Waals surface area contributed by atoms with Crippen LogP contribution < -0.4 is 4.74 Å². The van der Waals surface area contributed by atoms with Crippen LogP contribution in [0.3, 0.4) is 0 Å². The second-order valence-corrected chi connectivity index (χ2v) is 7.25. The molecule has 0 amide bonds. The first-order valence-electron chi connectivity index (χ1n) is 8.90. The van der Waals surface area contributed by atoms with E-state index in [0.717, 1.165) is 26.9 Å². The van der Waals surface area contributed by atoms with Crippen LogP contribution in [-0.4, -0.2) is 0 Å². The molecule has 0 N–H and O–H groups in total. The van der Waals surface area contributed by atoms with Gasteiger partial charge < -0.3 is 4.74 Å². The SMILES string of the molecule is Brc1ccc(OC(c2ccccc2)(c2ccccc2)c2ccccc2)cc1. The van der Waals surface area contributed by atoms with E-state index >= 15 is 0 Å². The summed E-state index contributed by atoms with van der Waals surface area (Å²) >= 11 is 3.50. The van der Waals surface area contributed by atoms with Gasteiger partial charge in [0.25, 0.3) is 0 Å². The maximum absolute atomic E-state index is 6.79. The summed E-state index contributed by atoms with van der Waals surface area (Å²) in [7, 11) is 0. The number of rotatable bonds is 5. The molecule has 1 nitrogen and oxygen atoms in total. The second kappa shape index (κ2) is 7.81. The quantitative estimate of drug-likeness (QED) is 0.325. The Morgan fingerprint density at radius 3 is 1.22 bits per heavy atom. The molecule has 4 rings (SSSR count). The van der Waals surface area contributed by atoms with Crippen LogP contribution in [0.1, 0.15) is 16.7 Å². The van der Waals surface area contributed by atoms with Crippen molar-refractivity contribution in [3.8, 4) is 5.75 Å². The lowest BCUT2D eigenvalue weighted by molar-refractivity contribution is 0.155. The van der Waals surface area contributed by atoms with Gasteiger partial charge in [-0.1, -0.05) is 107 Å². The summed E-state index contributed by atoms with van der Waals surface area (Å²) in [6.45, 7) is 0. The van der Waals surface area contributed by atoms with E-state index in [0.29, 0.717) is 0 Å². The molecule has 0 aliphatic rings. The summed E-state index contributed by atoms with van der Waals surface area (Å²) in [4.78, 5) is 0. The van der Waals surface area contributed by atoms with Crippen LogP contribution >= 0.6 is 15.9 Å². The topological polar surface area (TPSA) is 9.23 Å². The summed E-state index contributed by atoms with van der Waals surface area (Å²) in [6.07, 6.45) is 0. The van der Waals surface area contributed by atoms with Crippen molar-refractivity contribution in [2.75, 3.05) is 0 Å². The molecule has 0 unspecified atom stereocenters. The van der Waals surface area contributed by atoms with Crippen LogP contribution in [0.2, 0.25) is 0 Å². The Morgan fingerprint density at radius 1 is 0.481 bits per heavy atom. The highest BCUT2D eigenvalue weighted by Crippen LogP contribution is 2.41. The summed E-state index contributed by atoms with van der Waals surface area (Å²) in [5.74, 6) is 0.815. The zero-order valence-electron chi connectivity index (χ0n) is 14.8. The first-order chi connectivity index (χ1) is 13.3. The minimum absolute atomic E-state index is 0.738. The number of ether oxygens (including phenoxy) is 1. The highest BCUT2D eigenvalue weighted by molar-refractivity contribution is 9.10. The highest BCUT2D eigenvalue weighted by atomic mass is 79.9. The molecule has 0 atom stereocenters. The lowest BCUT2D eigenvalue weighted by Crippen LogP contribution is -2.36. The van der Waals surface area contributed by atoms with Gasteiger partial charge >= 0.3 is 0 Å². The molecule has 0 saturated carbocycles. The predicted octanol–water partition coefficient (Wildman–Crippen LogP) is 6.82. The fourth-order valence-electron chi connectivity index (χ4n) is 3.37. The molecule has 0 aliphatic carbocycles. The van der Waals surface area contributed by atoms with Crippen molar-refractivity contribution in [2.24, 2.45) is 0 Å². The van der Waals surface area contributed by atoms with E-state index in [9.17, 15) is 0 Å². The predicted molar refractivity (Wildman–Crippen MR) is 114 cm³/mol. The lowest BCUT2D eigenvalue weighted by atomic mass is 9.80. The molecule has 0 radical (unpaired) electrons. The Hall–Kier alpha value is -2.84. The van der Waals surface area contributed by atoms with Crippen LogP contribution in [0.5, 0.6) is 5.75 Å². The van der Waals surface area contributed by atoms with Crippen LogP contribution in [0.25, 0.3) is 0 Å². The Balaban J connectivity index is 1.98. The van der Waals surface area contributed by atoms with E-state index in [1.165, 1.54) is 0 Å². The van der Waals surface area contributed by atoms with Crippen molar-refractivity contribution in [3.63, 3.8) is 0 Å². The second-order valence-electron chi connectivity index (χ2n) is 6.34. The fraction of sp³-hybridized carbons (Fsp3) is 0.0400. The molecule has 0 aromatic heterocycles. The van der Waals surface area contributed by atoms with Gasteiger partial charge in [0.2, 0.25) is 0 Å². The molecule has 4 aromatic rings. The van der Waals surface area contributed by atoms with E-state index < -0.39 is 5.60 Å². The molecule has 132 valence electrons. The zero-order chi connectivity index (χ0) is 18.5. The number of hydrogen-bond donors (Lipinski definition) is 0. The van der Waals surface area contributed by atoms with E-state index in [-0.39, 0.29) is 0 Å². The molecule has 0 fully saturated rings. The average Bonchev–Trinajstić information content (AvgIpc) is 2.75. The lowest BCUT2D eigenvalue weighted by Gasteiger charge is -2.36. The fourth-order valence-corrected chi connectivity index (χ4v) is 3.64. The molecule has 0 heterocycles. The van der Waals surface area contributed by atoms with E-state index in [4.69, 9.17) is 4.74 Å². The van der Waals surface area contributed by atoms with Gasteiger partial charge in [-0.05, 0) is 24.3 Å². The molecule has 0 saturated heterocycles. The molecule has 2 heteroatoms. The summed E-state index contributed by atoms with van der Waals surface area (Å²) < 4.78 is 7.82. The average molecular weight is 415 g/mol. The van der Waals surface area contributed by atoms with Crippen molar-refractivity contribution in [2.45, 2.75) is 5.60 Å². The summed E-state index contributed by atoms with van der Waals surface area (Å²) in [5, 5.41) is 0. The molecule has 0 bridgehead atoms. The molecule has 0 aliphatic heterocycles. The van der Waals surface area contributed by atoms with Crippen LogP contribution in [0, 0.1) is 0 Å². The van der Waals surface area contributed by atoms with Gasteiger partial charge in [0.05, 0.1) is 0 Å². The van der Waals surface area contributed by atoms with Crippen LogP contribution in [0.15, 0.2) is 120 Å². The highest BCUT2D eigenvalue weighted by Gasteiger charge is 2.38. The third-order valence-corrected chi connectivity index (χ3v) is 5.15. The van der Waals surface area contributed by atoms with Gasteiger partial charge in [0.1, 0.15) is 5.75 Å². The van der Waals surface area contributed by atoms with Gasteiger partial charge in [0.15, 0.2) is 5.60 Å². The van der Waals surface area contributed by atoms with E-state index in [1.54, 1.807) is 0 Å². The molecule has 0 spiro atoms. The molecule has 27 heavy (non-hydrogen) atoms. The zero-order valence-corrected chi connectivity index (χ0v) is 16.3. The van der Waals surface area contributed by atoms with Crippen molar-refractivity contribution in [1.82, 2.24) is 0 Å². The number of benzene rings is 4. The van der Waals surface area contributed by atoms with Crippen molar-refractivity contribution >= 4 is 15.9 Å². The minimum atomic E-state index is -0.738. The number of halogens is 1. The standard InChI is InChI=1S/C25H19BrO/c26-23-16-18-24(19-17-23)27-25(20-10-4-1-5-11-20,21-12-6-2-7-13-21)22-14-8-3-9-15-22/h1-19H. The minimum Gasteiger partial charge on any atom is -0.473 e. The maximum atomic E-state index is 6.79. The van der Waals surface area contributed by atoms with Gasteiger partial charge in [-0.15, -0.1) is 0 Å². The van der Waals surface area contributed by atoms with Crippen molar-refractivity contribution in [3.05, 3.63) is 136 Å². The largest absolute Gasteiger partial charge is 0.473 e. The maximum Gasteiger partial charge on any atom is 0.184 e. The van der Waals surface area contributed by atoms with Gasteiger partial charge in [-0.3, -0.25) is 0 Å². The number of hydrogen-bond acceptors (Lipinski definition) is 1. The van der Waals surface area contributed by atoms with Crippen LogP contribution in [-0.2, 0) is 5.60 Å². The van der Waals surface area contributed by atoms with Gasteiger partial charge in [0, 0.05) is 21.2 Å². The summed E-state index contributed by atoms with van der Waals surface area (Å²) in [5.41, 5.74) is 2.53. The third-order valence-electron chi connectivity index (χ3n) is 4.63. The van der Waals surface area contributed by atoms with Crippen LogP contribution in [0.4, 0.5) is 0 Å². The Bertz CT molecular complexity index is 884. The smallest absolute Gasteiger partial charge is 0.184 e. The van der Waals surface area contributed by atoms with Gasteiger partial charge in [-0.25, -0.2) is 0 Å². The van der Waals surface area contributed by atoms with E-state index in [1.807, 2.05) is 42.5 Å². The Morgan fingerprint density at radius 2 is 0.852 bits per heavy atom. The van der Waals surface area contributed by atoms with Crippen molar-refractivity contribution < 1.29 is 4.74 Å². The first kappa shape index (κ1) is 17.6. The molecular formula is C25H19BrO. The Kier molecular flexibility index (Phi) is 5.08. The summed E-state index contributed by atoms with van der Waals surface area (Å²) in [6, 6.07) is 39.2. The Labute approximate surface area is 168 Å². The molecular weight excluding hydrogens is 396 g/mol. The van der Waals surface area contributed by atoms with E-state index in [2.05, 4.69) is 88.7 Å². The third kappa shape index (κ3) is 3.54.